The molecule has 0 saturated carbocycles. The Hall–Kier alpha value is -3.39. The number of carbonyl (C=O) groups excluding carboxylic acids is 4. The molecule has 2 saturated heterocycles. The van der Waals surface area contributed by atoms with Crippen LogP contribution in [0.3, 0.4) is 0 Å². The van der Waals surface area contributed by atoms with Crippen LogP contribution in [0.2, 0.25) is 0 Å². The van der Waals surface area contributed by atoms with Gasteiger partial charge in [0.2, 0.25) is 11.8 Å². The molecule has 1 N–H and O–H groups in total. The van der Waals surface area contributed by atoms with Crippen molar-refractivity contribution in [3.05, 3.63) is 65.5 Å². The van der Waals surface area contributed by atoms with E-state index in [1.54, 1.807) is 31.2 Å². The van der Waals surface area contributed by atoms with E-state index in [4.69, 9.17) is 4.74 Å². The third-order valence-corrected chi connectivity index (χ3v) is 6.66. The average Bonchev–Trinajstić information content (AvgIpc) is 3.28. The molecule has 2 heterocycles. The highest BCUT2D eigenvalue weighted by molar-refractivity contribution is 6.24. The van der Waals surface area contributed by atoms with E-state index in [-0.39, 0.29) is 24.5 Å². The smallest absolute Gasteiger partial charge is 0.327 e. The van der Waals surface area contributed by atoms with Gasteiger partial charge in [-0.25, -0.2) is 9.29 Å². The van der Waals surface area contributed by atoms with E-state index in [1.807, 2.05) is 6.92 Å². The number of fused-ring (bicyclic) bond motifs is 1. The Balaban J connectivity index is 1.87. The van der Waals surface area contributed by atoms with Gasteiger partial charge in [0.1, 0.15) is 11.4 Å². The van der Waals surface area contributed by atoms with Crippen LogP contribution < -0.4 is 10.2 Å². The molecule has 7 nitrogen and oxygen atoms in total. The molecular weight excluding hydrogens is 439 g/mol. The fraction of sp³-hybridized carbons (Fsp3) is 0.385. The zero-order valence-corrected chi connectivity index (χ0v) is 19.3. The molecule has 4 unspecified atom stereocenters. The topological polar surface area (TPSA) is 92.8 Å². The van der Waals surface area contributed by atoms with Crippen LogP contribution in [0.15, 0.2) is 48.5 Å². The summed E-state index contributed by atoms with van der Waals surface area (Å²) in [6.07, 6.45) is 0.811. The number of hydrogen-bond donors (Lipinski definition) is 1. The Morgan fingerprint density at radius 1 is 1.09 bits per heavy atom. The molecular formula is C26H27FN2O5. The molecule has 4 atom stereocenters. The van der Waals surface area contributed by atoms with E-state index in [0.29, 0.717) is 17.5 Å². The molecule has 0 bridgehead atoms. The number of carbonyl (C=O) groups is 4. The minimum atomic E-state index is -1.44. The largest absolute Gasteiger partial charge is 0.465 e. The predicted molar refractivity (Wildman–Crippen MR) is 122 cm³/mol. The number of benzene rings is 2. The molecule has 2 aliphatic rings. The maximum Gasteiger partial charge on any atom is 0.327 e. The molecule has 0 radical (unpaired) electrons. The lowest BCUT2D eigenvalue weighted by molar-refractivity contribution is -0.155. The molecule has 2 aliphatic heterocycles. The van der Waals surface area contributed by atoms with Crippen LogP contribution in [0.1, 0.15) is 55.6 Å². The first-order valence-electron chi connectivity index (χ1n) is 11.4. The Kier molecular flexibility index (Phi) is 6.36. The zero-order valence-electron chi connectivity index (χ0n) is 19.3. The maximum atomic E-state index is 14.1. The van der Waals surface area contributed by atoms with Gasteiger partial charge < -0.3 is 4.74 Å². The maximum absolute atomic E-state index is 14.1. The van der Waals surface area contributed by atoms with Crippen molar-refractivity contribution < 1.29 is 28.3 Å². The summed E-state index contributed by atoms with van der Waals surface area (Å²) in [6.45, 7) is 5.07. The monoisotopic (exact) mass is 466 g/mol. The second-order valence-electron chi connectivity index (χ2n) is 8.74. The number of rotatable bonds is 7. The molecule has 0 aromatic heterocycles. The van der Waals surface area contributed by atoms with Gasteiger partial charge in [0.15, 0.2) is 5.78 Å². The van der Waals surface area contributed by atoms with Gasteiger partial charge in [-0.15, -0.1) is 0 Å². The molecule has 4 rings (SSSR count). The van der Waals surface area contributed by atoms with Gasteiger partial charge in [0, 0.05) is 11.6 Å². The quantitative estimate of drug-likeness (QED) is 0.381. The summed E-state index contributed by atoms with van der Waals surface area (Å²) in [5.41, 5.74) is -0.339. The number of esters is 1. The number of amides is 2. The van der Waals surface area contributed by atoms with Crippen molar-refractivity contribution in [3.8, 4) is 0 Å². The van der Waals surface area contributed by atoms with Gasteiger partial charge >= 0.3 is 5.97 Å². The van der Waals surface area contributed by atoms with Gasteiger partial charge in [-0.3, -0.25) is 24.5 Å². The molecule has 2 amide bonds. The molecule has 8 heteroatoms. The second-order valence-corrected chi connectivity index (χ2v) is 8.74. The van der Waals surface area contributed by atoms with Crippen molar-refractivity contribution in [3.63, 3.8) is 0 Å². The average molecular weight is 467 g/mol. The number of halogens is 1. The van der Waals surface area contributed by atoms with Crippen LogP contribution in [0.25, 0.3) is 0 Å². The van der Waals surface area contributed by atoms with Crippen LogP contribution in [0, 0.1) is 17.7 Å². The molecule has 2 aromatic carbocycles. The van der Waals surface area contributed by atoms with Crippen molar-refractivity contribution in [2.45, 2.75) is 45.2 Å². The van der Waals surface area contributed by atoms with Crippen LogP contribution in [0.5, 0.6) is 0 Å². The van der Waals surface area contributed by atoms with E-state index in [9.17, 15) is 23.6 Å². The lowest BCUT2D eigenvalue weighted by atomic mass is 9.77. The summed E-state index contributed by atoms with van der Waals surface area (Å²) in [5, 5.41) is 3.23. The third-order valence-electron chi connectivity index (χ3n) is 6.66. The number of Topliss-reactive ketones (excluding diaryl/α,β-unsaturated/α-hetero) is 1. The van der Waals surface area contributed by atoms with Gasteiger partial charge in [0.05, 0.1) is 24.1 Å². The lowest BCUT2D eigenvalue weighted by Gasteiger charge is -2.32. The van der Waals surface area contributed by atoms with Crippen LogP contribution >= 0.6 is 0 Å². The molecule has 0 spiro atoms. The van der Waals surface area contributed by atoms with Crippen molar-refractivity contribution >= 4 is 29.3 Å². The first kappa shape index (κ1) is 23.8. The molecule has 2 aromatic rings. The van der Waals surface area contributed by atoms with Crippen LogP contribution in [0.4, 0.5) is 10.1 Å². The number of ether oxygens (including phenoxy) is 1. The van der Waals surface area contributed by atoms with E-state index in [1.165, 1.54) is 31.2 Å². The summed E-state index contributed by atoms with van der Waals surface area (Å²) in [5.74, 6) is -4.30. The first-order valence-corrected chi connectivity index (χ1v) is 11.4. The highest BCUT2D eigenvalue weighted by Crippen LogP contribution is 2.51. The highest BCUT2D eigenvalue weighted by Gasteiger charge is 2.68. The Morgan fingerprint density at radius 3 is 2.47 bits per heavy atom. The van der Waals surface area contributed by atoms with Crippen molar-refractivity contribution in [1.82, 2.24) is 5.32 Å². The van der Waals surface area contributed by atoms with Crippen molar-refractivity contribution in [1.29, 1.82) is 0 Å². The van der Waals surface area contributed by atoms with Gasteiger partial charge in [-0.1, -0.05) is 37.6 Å². The normalized spacial score (nSPS) is 26.0. The van der Waals surface area contributed by atoms with E-state index < -0.39 is 47.0 Å². The standard InChI is InChI=1S/C26H27FN2O5/c1-4-12-26(25(33)34-5-2)21-20(22(28-26)17-9-6-10-18(27)13-17)23(31)29(24(21)32)19-11-7-8-16(14-19)15(3)30/h6-11,13-14,20-22,28H,4-5,12H2,1-3H3. The number of ketones is 1. The summed E-state index contributed by atoms with van der Waals surface area (Å²) in [4.78, 5) is 53.8. The predicted octanol–water partition coefficient (Wildman–Crippen LogP) is 3.58. The summed E-state index contributed by atoms with van der Waals surface area (Å²) < 4.78 is 19.5. The summed E-state index contributed by atoms with van der Waals surface area (Å²) in [7, 11) is 0. The SMILES string of the molecule is CCCC1(C(=O)OCC)NC(c2cccc(F)c2)C2C(=O)N(c3cccc(C(C)=O)c3)C(=O)C21. The number of nitrogens with zero attached hydrogens (tertiary/aromatic N) is 1. The van der Waals surface area contributed by atoms with Gasteiger partial charge in [-0.2, -0.15) is 0 Å². The Morgan fingerprint density at radius 2 is 1.82 bits per heavy atom. The number of imide groups is 1. The minimum Gasteiger partial charge on any atom is -0.465 e. The van der Waals surface area contributed by atoms with Crippen molar-refractivity contribution in [2.24, 2.45) is 11.8 Å². The molecule has 2 fully saturated rings. The lowest BCUT2D eigenvalue weighted by Crippen LogP contribution is -2.56. The highest BCUT2D eigenvalue weighted by atomic mass is 19.1. The van der Waals surface area contributed by atoms with Crippen LogP contribution in [-0.2, 0) is 19.1 Å². The zero-order chi connectivity index (χ0) is 24.6. The van der Waals surface area contributed by atoms with E-state index in [0.717, 1.165) is 4.90 Å². The molecule has 178 valence electrons. The number of anilines is 1. The summed E-state index contributed by atoms with van der Waals surface area (Å²) in [6, 6.07) is 11.3. The third kappa shape index (κ3) is 3.72. The Labute approximate surface area is 197 Å². The number of nitrogens with one attached hydrogen (secondary N) is 1. The Bertz CT molecular complexity index is 1170. The fourth-order valence-corrected chi connectivity index (χ4v) is 5.28. The molecule has 34 heavy (non-hydrogen) atoms. The number of hydrogen-bond acceptors (Lipinski definition) is 6. The van der Waals surface area contributed by atoms with Gasteiger partial charge in [-0.05, 0) is 50.1 Å². The fourth-order valence-electron chi connectivity index (χ4n) is 5.28. The summed E-state index contributed by atoms with van der Waals surface area (Å²) >= 11 is 0. The van der Waals surface area contributed by atoms with E-state index in [2.05, 4.69) is 5.32 Å². The van der Waals surface area contributed by atoms with E-state index >= 15 is 0 Å². The van der Waals surface area contributed by atoms with Crippen LogP contribution in [-0.4, -0.2) is 35.7 Å². The van der Waals surface area contributed by atoms with Gasteiger partial charge in [0.25, 0.3) is 0 Å². The molecule has 0 aliphatic carbocycles. The first-order chi connectivity index (χ1) is 16.2. The minimum absolute atomic E-state index is 0.112. The van der Waals surface area contributed by atoms with Crippen molar-refractivity contribution in [2.75, 3.05) is 11.5 Å². The second kappa shape index (κ2) is 9.10.